The van der Waals surface area contributed by atoms with E-state index in [0.29, 0.717) is 5.32 Å². The van der Waals surface area contributed by atoms with Crippen LogP contribution < -0.4 is 5.32 Å². The predicted molar refractivity (Wildman–Crippen MR) is 96.2 cm³/mol. The standard InChI is InChI=1S/C19H21F6NO7/c1-3-32-14(28)12-11(9-5-7-10(27)8-6-9)13(15(29)33-4-2)17(31,19(23,24)25)26-16(12,30)18(20,21)22/h5-8,11-13,26-27,30-31H,3-4H2,1-2H3/t11?,12-,13+,16-,17-/m0/s1. The van der Waals surface area contributed by atoms with Gasteiger partial charge in [-0.3, -0.25) is 9.59 Å². The van der Waals surface area contributed by atoms with Crippen molar-refractivity contribution >= 4 is 11.9 Å². The van der Waals surface area contributed by atoms with Crippen molar-refractivity contribution in [1.82, 2.24) is 5.32 Å². The zero-order chi connectivity index (χ0) is 25.4. The number of aliphatic hydroxyl groups is 2. The Hall–Kier alpha value is -2.58. The van der Waals surface area contributed by atoms with Crippen molar-refractivity contribution in [3.63, 3.8) is 0 Å². The molecule has 2 rings (SSSR count). The van der Waals surface area contributed by atoms with E-state index >= 15 is 0 Å². The highest BCUT2D eigenvalue weighted by molar-refractivity contribution is 5.81. The van der Waals surface area contributed by atoms with Crippen LogP contribution in [0.5, 0.6) is 5.75 Å². The molecule has 0 bridgehead atoms. The first-order chi connectivity index (χ1) is 15.0. The van der Waals surface area contributed by atoms with Crippen molar-refractivity contribution in [1.29, 1.82) is 0 Å². The zero-order valence-corrected chi connectivity index (χ0v) is 17.2. The minimum Gasteiger partial charge on any atom is -0.508 e. The second-order valence-electron chi connectivity index (χ2n) is 7.23. The van der Waals surface area contributed by atoms with Gasteiger partial charge in [0.05, 0.1) is 13.2 Å². The number of esters is 2. The van der Waals surface area contributed by atoms with Crippen molar-refractivity contribution in [3.05, 3.63) is 29.8 Å². The Kier molecular flexibility index (Phi) is 7.26. The van der Waals surface area contributed by atoms with Gasteiger partial charge < -0.3 is 24.8 Å². The van der Waals surface area contributed by atoms with Crippen LogP contribution in [0, 0.1) is 11.8 Å². The van der Waals surface area contributed by atoms with Crippen molar-refractivity contribution in [2.24, 2.45) is 11.8 Å². The van der Waals surface area contributed by atoms with E-state index in [0.717, 1.165) is 24.3 Å². The van der Waals surface area contributed by atoms with Crippen molar-refractivity contribution in [3.8, 4) is 5.75 Å². The number of alkyl halides is 6. The minimum atomic E-state index is -5.96. The molecule has 186 valence electrons. The minimum absolute atomic E-state index is 0.440. The molecule has 1 saturated heterocycles. The van der Waals surface area contributed by atoms with Gasteiger partial charge in [-0.2, -0.15) is 26.3 Å². The number of carbonyl (C=O) groups is 2. The number of piperidine rings is 1. The fourth-order valence-corrected chi connectivity index (χ4v) is 3.83. The molecule has 0 aliphatic carbocycles. The normalized spacial score (nSPS) is 30.5. The summed E-state index contributed by atoms with van der Waals surface area (Å²) in [6, 6.07) is 3.44. The lowest BCUT2D eigenvalue weighted by atomic mass is 9.64. The van der Waals surface area contributed by atoms with Crippen molar-refractivity contribution in [2.45, 2.75) is 43.6 Å². The Morgan fingerprint density at radius 1 is 0.879 bits per heavy atom. The topological polar surface area (TPSA) is 125 Å². The zero-order valence-electron chi connectivity index (χ0n) is 17.2. The summed E-state index contributed by atoms with van der Waals surface area (Å²) in [4.78, 5) is 25.2. The third-order valence-electron chi connectivity index (χ3n) is 5.22. The second-order valence-corrected chi connectivity index (χ2v) is 7.23. The highest BCUT2D eigenvalue weighted by atomic mass is 19.4. The van der Waals surface area contributed by atoms with Gasteiger partial charge >= 0.3 is 24.3 Å². The van der Waals surface area contributed by atoms with E-state index in [1.54, 1.807) is 0 Å². The molecule has 0 aromatic heterocycles. The van der Waals surface area contributed by atoms with Gasteiger partial charge in [-0.15, -0.1) is 0 Å². The Morgan fingerprint density at radius 2 is 1.24 bits per heavy atom. The van der Waals surface area contributed by atoms with E-state index in [4.69, 9.17) is 0 Å². The van der Waals surface area contributed by atoms with Gasteiger partial charge in [-0.25, -0.2) is 5.32 Å². The van der Waals surface area contributed by atoms with E-state index in [9.17, 15) is 51.3 Å². The molecular weight excluding hydrogens is 468 g/mol. The van der Waals surface area contributed by atoms with Gasteiger partial charge in [0.25, 0.3) is 0 Å². The Morgan fingerprint density at radius 3 is 1.55 bits per heavy atom. The Balaban J connectivity index is 2.95. The number of hydrogen-bond acceptors (Lipinski definition) is 8. The molecule has 1 fully saturated rings. The Bertz CT molecular complexity index is 827. The molecule has 1 aromatic rings. The highest BCUT2D eigenvalue weighted by Gasteiger charge is 2.78. The maximum Gasteiger partial charge on any atom is 0.432 e. The number of phenols is 1. The molecule has 1 aromatic carbocycles. The molecule has 1 aliphatic heterocycles. The molecule has 14 heteroatoms. The van der Waals surface area contributed by atoms with E-state index in [2.05, 4.69) is 9.47 Å². The molecule has 4 N–H and O–H groups in total. The molecule has 0 amide bonds. The number of halogens is 6. The Labute approximate surface area is 183 Å². The molecule has 1 aliphatic rings. The van der Waals surface area contributed by atoms with Crippen LogP contribution in [-0.4, -0.2) is 64.3 Å². The lowest BCUT2D eigenvalue weighted by Gasteiger charge is -2.54. The number of benzene rings is 1. The molecule has 0 saturated carbocycles. The van der Waals surface area contributed by atoms with Gasteiger partial charge in [0.15, 0.2) is 0 Å². The first-order valence-corrected chi connectivity index (χ1v) is 9.54. The van der Waals surface area contributed by atoms with Gasteiger partial charge in [0, 0.05) is 5.92 Å². The van der Waals surface area contributed by atoms with Crippen LogP contribution in [0.25, 0.3) is 0 Å². The summed E-state index contributed by atoms with van der Waals surface area (Å²) in [5.74, 6) is -12.3. The number of phenolic OH excluding ortho intramolecular Hbond substituents is 1. The number of nitrogens with one attached hydrogen (secondary N) is 1. The lowest BCUT2D eigenvalue weighted by molar-refractivity contribution is -0.376. The quantitative estimate of drug-likeness (QED) is 0.366. The van der Waals surface area contributed by atoms with Crippen LogP contribution in [0.1, 0.15) is 25.3 Å². The average Bonchev–Trinajstić information content (AvgIpc) is 2.66. The number of carbonyl (C=O) groups excluding carboxylic acids is 2. The molecular formula is C19H21F6NO7. The number of rotatable bonds is 5. The molecule has 0 spiro atoms. The molecule has 33 heavy (non-hydrogen) atoms. The monoisotopic (exact) mass is 489 g/mol. The van der Waals surface area contributed by atoms with Crippen molar-refractivity contribution < 1.29 is 60.7 Å². The predicted octanol–water partition coefficient (Wildman–Crippen LogP) is 1.94. The van der Waals surface area contributed by atoms with Crippen LogP contribution >= 0.6 is 0 Å². The van der Waals surface area contributed by atoms with E-state index in [1.807, 2.05) is 0 Å². The van der Waals surface area contributed by atoms with Gasteiger partial charge in [-0.1, -0.05) is 12.1 Å². The SMILES string of the molecule is CCOC(=O)[C@@H]1C(c2ccc(O)cc2)[C@H](C(=O)OCC)[C@](O)(C(F)(F)F)N[C@@]1(O)C(F)(F)F. The van der Waals surface area contributed by atoms with E-state index in [1.165, 1.54) is 13.8 Å². The summed E-state index contributed by atoms with van der Waals surface area (Å²) in [5, 5.41) is 31.1. The maximum atomic E-state index is 14.0. The van der Waals surface area contributed by atoms with Crippen LogP contribution in [0.4, 0.5) is 26.3 Å². The first-order valence-electron chi connectivity index (χ1n) is 9.54. The average molecular weight is 489 g/mol. The van der Waals surface area contributed by atoms with E-state index < -0.39 is 78.0 Å². The van der Waals surface area contributed by atoms with Crippen LogP contribution in [-0.2, 0) is 19.1 Å². The van der Waals surface area contributed by atoms with Crippen LogP contribution in [0.3, 0.4) is 0 Å². The molecule has 8 nitrogen and oxygen atoms in total. The smallest absolute Gasteiger partial charge is 0.432 e. The third-order valence-corrected chi connectivity index (χ3v) is 5.22. The lowest BCUT2D eigenvalue weighted by Crippen LogP contribution is -2.81. The first kappa shape index (κ1) is 26.7. The van der Waals surface area contributed by atoms with Gasteiger partial charge in [-0.05, 0) is 31.5 Å². The highest BCUT2D eigenvalue weighted by Crippen LogP contribution is 2.55. The largest absolute Gasteiger partial charge is 0.508 e. The number of hydrogen-bond donors (Lipinski definition) is 4. The van der Waals surface area contributed by atoms with Gasteiger partial charge in [0.1, 0.15) is 17.6 Å². The molecule has 0 radical (unpaired) electrons. The molecule has 5 atom stereocenters. The summed E-state index contributed by atoms with van der Waals surface area (Å²) in [6.07, 6.45) is -11.9. The summed E-state index contributed by atoms with van der Waals surface area (Å²) < 4.78 is 93.1. The van der Waals surface area contributed by atoms with Crippen molar-refractivity contribution in [2.75, 3.05) is 13.2 Å². The number of ether oxygens (including phenoxy) is 2. The summed E-state index contributed by atoms with van der Waals surface area (Å²) >= 11 is 0. The summed E-state index contributed by atoms with van der Waals surface area (Å²) in [7, 11) is 0. The fraction of sp³-hybridized carbons (Fsp3) is 0.579. The second kappa shape index (κ2) is 8.99. The number of aromatic hydroxyl groups is 1. The molecule has 1 heterocycles. The van der Waals surface area contributed by atoms with Gasteiger partial charge in [0.2, 0.25) is 11.4 Å². The molecule has 1 unspecified atom stereocenters. The third kappa shape index (κ3) is 4.59. The maximum absolute atomic E-state index is 14.0. The van der Waals surface area contributed by atoms with E-state index in [-0.39, 0.29) is 0 Å². The fourth-order valence-electron chi connectivity index (χ4n) is 3.83. The summed E-state index contributed by atoms with van der Waals surface area (Å²) in [5.41, 5.74) is -9.89. The van der Waals surface area contributed by atoms with Crippen LogP contribution in [0.2, 0.25) is 0 Å². The summed E-state index contributed by atoms with van der Waals surface area (Å²) in [6.45, 7) is 1.37. The van der Waals surface area contributed by atoms with Crippen LogP contribution in [0.15, 0.2) is 24.3 Å².